The van der Waals surface area contributed by atoms with Crippen LogP contribution in [-0.2, 0) is 0 Å². The van der Waals surface area contributed by atoms with E-state index in [2.05, 4.69) is 5.32 Å². The molecule has 3 N–H and O–H groups in total. The van der Waals surface area contributed by atoms with Gasteiger partial charge in [0.25, 0.3) is 0 Å². The van der Waals surface area contributed by atoms with Gasteiger partial charge in [0.15, 0.2) is 0 Å². The summed E-state index contributed by atoms with van der Waals surface area (Å²) in [6.45, 7) is 2.39. The maximum Gasteiger partial charge on any atom is 0.312 e. The Labute approximate surface area is 42.9 Å². The van der Waals surface area contributed by atoms with E-state index < -0.39 is 6.03 Å². The third-order valence-corrected chi connectivity index (χ3v) is 0.480. The summed E-state index contributed by atoms with van der Waals surface area (Å²) >= 11 is 0. The fourth-order valence-electron chi connectivity index (χ4n) is 0.203. The van der Waals surface area contributed by atoms with Crippen molar-refractivity contribution in [3.05, 3.63) is 6.42 Å². The van der Waals surface area contributed by atoms with Crippen LogP contribution in [0.3, 0.4) is 0 Å². The Morgan fingerprint density at radius 3 is 2.71 bits per heavy atom. The van der Waals surface area contributed by atoms with Crippen LogP contribution in [0.2, 0.25) is 0 Å². The third-order valence-electron chi connectivity index (χ3n) is 0.480. The van der Waals surface area contributed by atoms with Gasteiger partial charge in [-0.15, -0.1) is 0 Å². The van der Waals surface area contributed by atoms with E-state index in [1.165, 1.54) is 0 Å². The highest BCUT2D eigenvalue weighted by Crippen LogP contribution is 1.64. The van der Waals surface area contributed by atoms with Crippen LogP contribution in [0.1, 0.15) is 6.92 Å². The van der Waals surface area contributed by atoms with Gasteiger partial charge in [-0.25, -0.2) is 4.79 Å². The summed E-state index contributed by atoms with van der Waals surface area (Å²) in [5.74, 6) is 0. The van der Waals surface area contributed by atoms with Crippen molar-refractivity contribution in [2.45, 2.75) is 6.92 Å². The lowest BCUT2D eigenvalue weighted by molar-refractivity contribution is 0.249. The van der Waals surface area contributed by atoms with E-state index >= 15 is 0 Å². The van der Waals surface area contributed by atoms with Gasteiger partial charge >= 0.3 is 6.03 Å². The van der Waals surface area contributed by atoms with E-state index in [0.29, 0.717) is 6.54 Å². The predicted octanol–water partition coefficient (Wildman–Crippen LogP) is -0.121. The van der Waals surface area contributed by atoms with Crippen molar-refractivity contribution in [2.24, 2.45) is 5.73 Å². The second-order valence-corrected chi connectivity index (χ2v) is 1.15. The molecule has 0 heterocycles. The highest BCUT2D eigenvalue weighted by Gasteiger charge is 1.83. The number of nitrogens with two attached hydrogens (primary N) is 1. The number of carbonyl (C=O) groups excluding carboxylic acids is 1. The lowest BCUT2D eigenvalue weighted by Crippen LogP contribution is -2.29. The number of hydrogen-bond donors (Lipinski definition) is 2. The van der Waals surface area contributed by atoms with Crippen LogP contribution in [0.4, 0.5) is 4.79 Å². The largest absolute Gasteiger partial charge is 0.352 e. The fraction of sp³-hybridized carbons (Fsp3) is 0.500. The van der Waals surface area contributed by atoms with Gasteiger partial charge in [-0.3, -0.25) is 0 Å². The minimum Gasteiger partial charge on any atom is -0.352 e. The quantitative estimate of drug-likeness (QED) is 0.500. The second kappa shape index (κ2) is 3.46. The molecule has 0 rings (SSSR count). The maximum atomic E-state index is 9.85. The number of primary amides is 1. The molecular formula is C4H9N2O. The van der Waals surface area contributed by atoms with Crippen LogP contribution < -0.4 is 11.1 Å². The molecule has 2 amide bonds. The van der Waals surface area contributed by atoms with E-state index in [1.54, 1.807) is 0 Å². The number of hydrogen-bond acceptors (Lipinski definition) is 1. The molecule has 0 aliphatic carbocycles. The summed E-state index contributed by atoms with van der Waals surface area (Å²) in [4.78, 5) is 9.85. The highest BCUT2D eigenvalue weighted by molar-refractivity contribution is 5.71. The normalized spacial score (nSPS) is 8.14. The number of urea groups is 1. The molecule has 0 fully saturated rings. The van der Waals surface area contributed by atoms with E-state index in [0.717, 1.165) is 0 Å². The lowest BCUT2D eigenvalue weighted by atomic mass is 10.5. The summed E-state index contributed by atoms with van der Waals surface area (Å²) in [6, 6.07) is -0.474. The maximum absolute atomic E-state index is 9.85. The Balaban J connectivity index is 2.82. The third kappa shape index (κ3) is 5.27. The van der Waals surface area contributed by atoms with Crippen LogP contribution >= 0.6 is 0 Å². The molecule has 3 nitrogen and oxygen atoms in total. The molecule has 0 saturated heterocycles. The van der Waals surface area contributed by atoms with Crippen molar-refractivity contribution in [1.82, 2.24) is 5.32 Å². The number of nitrogens with one attached hydrogen (secondary N) is 1. The van der Waals surface area contributed by atoms with Gasteiger partial charge in [0.1, 0.15) is 0 Å². The van der Waals surface area contributed by atoms with Crippen molar-refractivity contribution < 1.29 is 4.79 Å². The number of carbonyl (C=O) groups is 1. The summed E-state index contributed by atoms with van der Waals surface area (Å²) in [5, 5.41) is 2.38. The average Bonchev–Trinajstić information content (AvgIpc) is 1.61. The molecule has 0 saturated carbocycles. The van der Waals surface area contributed by atoms with Gasteiger partial charge < -0.3 is 11.1 Å². The highest BCUT2D eigenvalue weighted by atomic mass is 16.2. The molecule has 0 unspecified atom stereocenters. The molecule has 0 aromatic rings. The first-order valence-electron chi connectivity index (χ1n) is 2.08. The summed E-state index contributed by atoms with van der Waals surface area (Å²) in [7, 11) is 0. The molecule has 0 bridgehead atoms. The van der Waals surface area contributed by atoms with Gasteiger partial charge in [0.2, 0.25) is 0 Å². The lowest BCUT2D eigenvalue weighted by Gasteiger charge is -1.93. The van der Waals surface area contributed by atoms with Gasteiger partial charge in [0, 0.05) is 6.54 Å². The Kier molecular flexibility index (Phi) is 3.10. The van der Waals surface area contributed by atoms with Crippen LogP contribution in [0.5, 0.6) is 0 Å². The van der Waals surface area contributed by atoms with Gasteiger partial charge in [0.05, 0.1) is 0 Å². The molecule has 1 radical (unpaired) electrons. The average molecular weight is 101 g/mol. The monoisotopic (exact) mass is 101 g/mol. The molecule has 3 heteroatoms. The molecule has 7 heavy (non-hydrogen) atoms. The van der Waals surface area contributed by atoms with Crippen LogP contribution in [0, 0.1) is 6.42 Å². The Morgan fingerprint density at radius 2 is 2.57 bits per heavy atom. The van der Waals surface area contributed by atoms with Crippen LogP contribution in [-0.4, -0.2) is 12.6 Å². The molecular weight excluding hydrogens is 92.1 g/mol. The number of amides is 2. The topological polar surface area (TPSA) is 55.1 Å². The summed E-state index contributed by atoms with van der Waals surface area (Å²) < 4.78 is 0. The minimum atomic E-state index is -0.474. The van der Waals surface area contributed by atoms with E-state index in [9.17, 15) is 4.79 Å². The molecule has 0 atom stereocenters. The van der Waals surface area contributed by atoms with Crippen molar-refractivity contribution in [3.8, 4) is 0 Å². The van der Waals surface area contributed by atoms with Gasteiger partial charge in [-0.2, -0.15) is 0 Å². The fourth-order valence-corrected chi connectivity index (χ4v) is 0.203. The zero-order valence-electron chi connectivity index (χ0n) is 4.27. The molecule has 0 aliphatic rings. The van der Waals surface area contributed by atoms with Crippen LogP contribution in [0.25, 0.3) is 0 Å². The predicted molar refractivity (Wildman–Crippen MR) is 27.6 cm³/mol. The zero-order valence-corrected chi connectivity index (χ0v) is 4.27. The molecule has 0 spiro atoms. The molecule has 0 aliphatic heterocycles. The first kappa shape index (κ1) is 6.27. The first-order valence-corrected chi connectivity index (χ1v) is 2.08. The van der Waals surface area contributed by atoms with Crippen molar-refractivity contribution in [1.29, 1.82) is 0 Å². The van der Waals surface area contributed by atoms with E-state index in [4.69, 9.17) is 5.73 Å². The first-order chi connectivity index (χ1) is 3.27. The summed E-state index contributed by atoms with van der Waals surface area (Å²) in [6.07, 6.45) is 1.81. The van der Waals surface area contributed by atoms with E-state index in [-0.39, 0.29) is 0 Å². The SMILES string of the molecule is C[CH]CNC(N)=O. The number of rotatable bonds is 2. The molecule has 0 aromatic carbocycles. The van der Waals surface area contributed by atoms with E-state index in [1.807, 2.05) is 13.3 Å². The standard InChI is InChI=1S/C4H9N2O/c1-2-3-6-4(5)7/h2H,3H2,1H3,(H3,5,6,7). The van der Waals surface area contributed by atoms with Crippen molar-refractivity contribution in [2.75, 3.05) is 6.54 Å². The Morgan fingerprint density at radius 1 is 2.00 bits per heavy atom. The Hall–Kier alpha value is -0.730. The minimum absolute atomic E-state index is 0.474. The Bertz CT molecular complexity index is 62.7. The van der Waals surface area contributed by atoms with Crippen LogP contribution in [0.15, 0.2) is 0 Å². The second-order valence-electron chi connectivity index (χ2n) is 1.15. The zero-order chi connectivity index (χ0) is 5.70. The van der Waals surface area contributed by atoms with Gasteiger partial charge in [-0.1, -0.05) is 6.92 Å². The molecule has 0 aromatic heterocycles. The molecule has 41 valence electrons. The van der Waals surface area contributed by atoms with Crippen molar-refractivity contribution in [3.63, 3.8) is 0 Å². The van der Waals surface area contributed by atoms with Gasteiger partial charge in [-0.05, 0) is 6.42 Å². The van der Waals surface area contributed by atoms with Crippen molar-refractivity contribution >= 4 is 6.03 Å². The summed E-state index contributed by atoms with van der Waals surface area (Å²) in [5.41, 5.74) is 4.71. The smallest absolute Gasteiger partial charge is 0.312 e.